The number of hydrogen-bond donors (Lipinski definition) is 1. The van der Waals surface area contributed by atoms with Crippen LogP contribution in [0.3, 0.4) is 0 Å². The molecule has 0 saturated carbocycles. The molecule has 1 aliphatic rings. The molecule has 1 aromatic rings. The van der Waals surface area contributed by atoms with E-state index in [0.29, 0.717) is 12.1 Å². The van der Waals surface area contributed by atoms with E-state index in [1.165, 1.54) is 30.5 Å². The van der Waals surface area contributed by atoms with E-state index in [-0.39, 0.29) is 0 Å². The molecule has 1 aliphatic heterocycles. The lowest BCUT2D eigenvalue weighted by atomic mass is 10.0. The zero-order valence-electron chi connectivity index (χ0n) is 13.5. The normalized spacial score (nSPS) is 24.9. The van der Waals surface area contributed by atoms with Crippen molar-refractivity contribution in [3.05, 3.63) is 35.4 Å². The van der Waals surface area contributed by atoms with Gasteiger partial charge in [-0.05, 0) is 50.3 Å². The highest BCUT2D eigenvalue weighted by atomic mass is 15.2. The summed E-state index contributed by atoms with van der Waals surface area (Å²) in [5.41, 5.74) is 2.89. The van der Waals surface area contributed by atoms with Gasteiger partial charge in [-0.15, -0.1) is 0 Å². The second-order valence-electron chi connectivity index (χ2n) is 6.77. The fourth-order valence-electron chi connectivity index (χ4n) is 3.16. The van der Waals surface area contributed by atoms with Crippen LogP contribution >= 0.6 is 0 Å². The summed E-state index contributed by atoms with van der Waals surface area (Å²) in [6.07, 6.45) is 2.53. The summed E-state index contributed by atoms with van der Waals surface area (Å²) < 4.78 is 0. The van der Waals surface area contributed by atoms with Crippen molar-refractivity contribution in [2.45, 2.75) is 59.2 Å². The fourth-order valence-corrected chi connectivity index (χ4v) is 3.16. The van der Waals surface area contributed by atoms with Crippen molar-refractivity contribution >= 4 is 0 Å². The average Bonchev–Trinajstić information content (AvgIpc) is 2.54. The second-order valence-corrected chi connectivity index (χ2v) is 6.77. The molecule has 0 radical (unpaired) electrons. The summed E-state index contributed by atoms with van der Waals surface area (Å²) in [6.45, 7) is 12.7. The molecular formula is C18H30N2. The number of hydrogen-bond acceptors (Lipinski definition) is 2. The molecule has 1 saturated heterocycles. The molecule has 2 rings (SSSR count). The number of nitrogens with zero attached hydrogens (tertiary/aromatic N) is 1. The van der Waals surface area contributed by atoms with Crippen LogP contribution in [0.25, 0.3) is 0 Å². The third-order valence-corrected chi connectivity index (χ3v) is 4.46. The Kier molecular flexibility index (Phi) is 5.62. The molecule has 1 fully saturated rings. The minimum Gasteiger partial charge on any atom is -0.313 e. The van der Waals surface area contributed by atoms with E-state index in [4.69, 9.17) is 0 Å². The summed E-state index contributed by atoms with van der Waals surface area (Å²) in [5.74, 6) is 0.765. The van der Waals surface area contributed by atoms with Gasteiger partial charge in [0.05, 0.1) is 0 Å². The first-order valence-electron chi connectivity index (χ1n) is 8.08. The van der Waals surface area contributed by atoms with Gasteiger partial charge in [-0.25, -0.2) is 0 Å². The maximum atomic E-state index is 3.73. The molecule has 0 spiro atoms. The van der Waals surface area contributed by atoms with E-state index >= 15 is 0 Å². The Hall–Kier alpha value is -0.860. The molecule has 0 amide bonds. The molecular weight excluding hydrogens is 244 g/mol. The maximum Gasteiger partial charge on any atom is 0.0239 e. The molecule has 2 heteroatoms. The third-order valence-electron chi connectivity index (χ3n) is 4.46. The highest BCUT2D eigenvalue weighted by Crippen LogP contribution is 2.18. The number of aryl methyl sites for hydroxylation is 1. The Balaban J connectivity index is 2.05. The zero-order chi connectivity index (χ0) is 14.5. The van der Waals surface area contributed by atoms with Crippen LogP contribution in [0.1, 0.15) is 44.7 Å². The van der Waals surface area contributed by atoms with Crippen LogP contribution in [0.2, 0.25) is 0 Å². The van der Waals surface area contributed by atoms with Crippen LogP contribution in [0.5, 0.6) is 0 Å². The van der Waals surface area contributed by atoms with Crippen LogP contribution < -0.4 is 5.32 Å². The maximum absolute atomic E-state index is 3.73. The van der Waals surface area contributed by atoms with Gasteiger partial charge in [0.15, 0.2) is 0 Å². The van der Waals surface area contributed by atoms with Crippen LogP contribution in [-0.2, 0) is 6.54 Å². The molecule has 2 unspecified atom stereocenters. The Labute approximate surface area is 124 Å². The van der Waals surface area contributed by atoms with E-state index in [0.717, 1.165) is 19.0 Å². The van der Waals surface area contributed by atoms with Gasteiger partial charge in [-0.3, -0.25) is 4.90 Å². The van der Waals surface area contributed by atoms with Crippen LogP contribution in [0.4, 0.5) is 0 Å². The summed E-state index contributed by atoms with van der Waals surface area (Å²) in [7, 11) is 0. The lowest BCUT2D eigenvalue weighted by molar-refractivity contribution is 0.189. The standard InChI is InChI=1S/C18H30N2/c1-14(2)11-18-13-20(16(4)9-10-19-18)12-17-8-6-5-7-15(17)3/h5-8,14,16,18-19H,9-13H2,1-4H3. The zero-order valence-corrected chi connectivity index (χ0v) is 13.5. The van der Waals surface area contributed by atoms with Gasteiger partial charge in [-0.2, -0.15) is 0 Å². The van der Waals surface area contributed by atoms with Crippen molar-refractivity contribution in [1.29, 1.82) is 0 Å². The minimum atomic E-state index is 0.643. The average molecular weight is 274 g/mol. The van der Waals surface area contributed by atoms with Crippen molar-refractivity contribution in [1.82, 2.24) is 10.2 Å². The Morgan fingerprint density at radius 3 is 2.75 bits per heavy atom. The van der Waals surface area contributed by atoms with Gasteiger partial charge in [0.2, 0.25) is 0 Å². The van der Waals surface area contributed by atoms with E-state index in [1.54, 1.807) is 0 Å². The summed E-state index contributed by atoms with van der Waals surface area (Å²) >= 11 is 0. The first-order valence-corrected chi connectivity index (χ1v) is 8.08. The molecule has 1 aromatic carbocycles. The molecule has 1 N–H and O–H groups in total. The van der Waals surface area contributed by atoms with Crippen molar-refractivity contribution in [3.63, 3.8) is 0 Å². The fraction of sp³-hybridized carbons (Fsp3) is 0.667. The largest absolute Gasteiger partial charge is 0.313 e. The van der Waals surface area contributed by atoms with Gasteiger partial charge in [0.1, 0.15) is 0 Å². The van der Waals surface area contributed by atoms with Crippen molar-refractivity contribution in [2.75, 3.05) is 13.1 Å². The van der Waals surface area contributed by atoms with Crippen molar-refractivity contribution in [3.8, 4) is 0 Å². The van der Waals surface area contributed by atoms with Gasteiger partial charge in [-0.1, -0.05) is 38.1 Å². The highest BCUT2D eigenvalue weighted by molar-refractivity contribution is 5.25. The SMILES string of the molecule is Cc1ccccc1CN1CC(CC(C)C)NCCC1C. The predicted molar refractivity (Wildman–Crippen MR) is 86.9 cm³/mol. The van der Waals surface area contributed by atoms with Crippen LogP contribution in [-0.4, -0.2) is 30.1 Å². The first-order chi connectivity index (χ1) is 9.56. The van der Waals surface area contributed by atoms with E-state index in [9.17, 15) is 0 Å². The van der Waals surface area contributed by atoms with Crippen LogP contribution in [0, 0.1) is 12.8 Å². The number of benzene rings is 1. The Bertz CT molecular complexity index is 414. The molecule has 0 aliphatic carbocycles. The monoisotopic (exact) mass is 274 g/mol. The predicted octanol–water partition coefficient (Wildman–Crippen LogP) is 3.59. The smallest absolute Gasteiger partial charge is 0.0239 e. The molecule has 2 atom stereocenters. The van der Waals surface area contributed by atoms with Gasteiger partial charge in [0.25, 0.3) is 0 Å². The molecule has 0 aromatic heterocycles. The summed E-state index contributed by atoms with van der Waals surface area (Å²) in [5, 5.41) is 3.73. The molecule has 20 heavy (non-hydrogen) atoms. The molecule has 1 heterocycles. The van der Waals surface area contributed by atoms with E-state index < -0.39 is 0 Å². The number of nitrogens with one attached hydrogen (secondary N) is 1. The second kappa shape index (κ2) is 7.24. The minimum absolute atomic E-state index is 0.643. The van der Waals surface area contributed by atoms with Crippen molar-refractivity contribution in [2.24, 2.45) is 5.92 Å². The van der Waals surface area contributed by atoms with E-state index in [2.05, 4.69) is 62.2 Å². The Morgan fingerprint density at radius 2 is 2.05 bits per heavy atom. The topological polar surface area (TPSA) is 15.3 Å². The van der Waals surface area contributed by atoms with Crippen LogP contribution in [0.15, 0.2) is 24.3 Å². The Morgan fingerprint density at radius 1 is 1.30 bits per heavy atom. The lowest BCUT2D eigenvalue weighted by Gasteiger charge is -2.30. The first kappa shape index (κ1) is 15.5. The summed E-state index contributed by atoms with van der Waals surface area (Å²) in [4.78, 5) is 2.66. The third kappa shape index (κ3) is 4.32. The summed E-state index contributed by atoms with van der Waals surface area (Å²) in [6, 6.07) is 10.1. The van der Waals surface area contributed by atoms with Gasteiger partial charge in [0, 0.05) is 25.2 Å². The van der Waals surface area contributed by atoms with Crippen molar-refractivity contribution < 1.29 is 0 Å². The molecule has 112 valence electrons. The highest BCUT2D eigenvalue weighted by Gasteiger charge is 2.23. The molecule has 2 nitrogen and oxygen atoms in total. The van der Waals surface area contributed by atoms with Gasteiger partial charge >= 0.3 is 0 Å². The van der Waals surface area contributed by atoms with Gasteiger partial charge < -0.3 is 5.32 Å². The molecule has 0 bridgehead atoms. The lowest BCUT2D eigenvalue weighted by Crippen LogP contribution is -2.40. The quantitative estimate of drug-likeness (QED) is 0.902. The van der Waals surface area contributed by atoms with E-state index in [1.807, 2.05) is 0 Å². The number of rotatable bonds is 4.